The van der Waals surface area contributed by atoms with Gasteiger partial charge < -0.3 is 25.8 Å². The Bertz CT molecular complexity index is 1300. The Balaban J connectivity index is 0.00000506. The highest BCUT2D eigenvalue weighted by atomic mass is 35.5. The molecule has 236 valence electrons. The van der Waals surface area contributed by atoms with Crippen LogP contribution in [-0.2, 0) is 12.8 Å². The SMILES string of the molecule is CCNc1cc(C(=O)N[C@@H](Cc2ccccc2)[C@H](O)CNCCc2cccc(OC)c2)cc(N2CCCCS2(O)O)c1.Cl. The average molecular weight is 633 g/mol. The molecule has 9 nitrogen and oxygen atoms in total. The number of hydrogen-bond donors (Lipinski definition) is 6. The van der Waals surface area contributed by atoms with Gasteiger partial charge in [0.15, 0.2) is 0 Å². The van der Waals surface area contributed by atoms with E-state index in [1.165, 1.54) is 0 Å². The standard InChI is InChI=1S/C32H44N4O5S.ClH/c1-3-34-27-20-26(21-28(22-27)36-16-7-8-17-42(36,39)40)32(38)35-30(19-24-10-5-4-6-11-24)31(37)23-33-15-14-25-12-9-13-29(18-25)41-2;/h4-6,9-13,18,20-22,30-31,33-34,37,39-40H,3,7-8,14-17,19,23H2,1-2H3,(H,35,38);1H/t30-,31+;/m0./s1. The number of benzene rings is 3. The summed E-state index contributed by atoms with van der Waals surface area (Å²) in [5.41, 5.74) is 3.84. The van der Waals surface area contributed by atoms with Crippen molar-refractivity contribution in [3.63, 3.8) is 0 Å². The maximum absolute atomic E-state index is 13.7. The minimum Gasteiger partial charge on any atom is -0.497 e. The van der Waals surface area contributed by atoms with E-state index in [2.05, 4.69) is 16.0 Å². The molecule has 1 aliphatic heterocycles. The zero-order valence-corrected chi connectivity index (χ0v) is 26.5. The van der Waals surface area contributed by atoms with E-state index in [0.717, 1.165) is 41.8 Å². The molecule has 1 aliphatic rings. The van der Waals surface area contributed by atoms with Gasteiger partial charge in [-0.3, -0.25) is 18.2 Å². The number of hydrogen-bond acceptors (Lipinski definition) is 8. The number of halogens is 1. The molecule has 0 unspecified atom stereocenters. The summed E-state index contributed by atoms with van der Waals surface area (Å²) in [5, 5.41) is 20.9. The van der Waals surface area contributed by atoms with Crippen molar-refractivity contribution in [1.29, 1.82) is 0 Å². The fraction of sp³-hybridized carbons (Fsp3) is 0.406. The third-order valence-corrected chi connectivity index (χ3v) is 9.32. The molecule has 3 aromatic rings. The molecule has 0 spiro atoms. The van der Waals surface area contributed by atoms with Gasteiger partial charge in [-0.05, 0) is 80.6 Å². The normalized spacial score (nSPS) is 16.3. The third kappa shape index (κ3) is 10.0. The summed E-state index contributed by atoms with van der Waals surface area (Å²) in [5.74, 6) is 0.793. The Morgan fingerprint density at radius 3 is 2.51 bits per heavy atom. The molecule has 11 heteroatoms. The smallest absolute Gasteiger partial charge is 0.251 e. The van der Waals surface area contributed by atoms with E-state index in [4.69, 9.17) is 4.74 Å². The van der Waals surface area contributed by atoms with E-state index in [0.29, 0.717) is 49.6 Å². The van der Waals surface area contributed by atoms with Crippen LogP contribution in [-0.4, -0.2) is 71.3 Å². The average Bonchev–Trinajstić information content (AvgIpc) is 2.99. The molecule has 6 N–H and O–H groups in total. The van der Waals surface area contributed by atoms with E-state index in [1.807, 2.05) is 67.6 Å². The number of ether oxygens (including phenoxy) is 1. The van der Waals surface area contributed by atoms with Crippen molar-refractivity contribution >= 4 is 40.5 Å². The molecule has 4 rings (SSSR count). The van der Waals surface area contributed by atoms with Crippen LogP contribution in [0.25, 0.3) is 0 Å². The molecule has 3 aromatic carbocycles. The lowest BCUT2D eigenvalue weighted by Crippen LogP contribution is -2.49. The van der Waals surface area contributed by atoms with Crippen LogP contribution in [0.2, 0.25) is 0 Å². The fourth-order valence-electron chi connectivity index (χ4n) is 5.15. The Labute approximate surface area is 262 Å². The maximum Gasteiger partial charge on any atom is 0.251 e. The maximum atomic E-state index is 13.7. The number of aliphatic hydroxyl groups is 1. The molecule has 2 atom stereocenters. The second-order valence-electron chi connectivity index (χ2n) is 10.6. The highest BCUT2D eigenvalue weighted by molar-refractivity contribution is 8.25. The second kappa shape index (κ2) is 16.7. The molecule has 1 fully saturated rings. The molecule has 0 radical (unpaired) electrons. The highest BCUT2D eigenvalue weighted by Gasteiger charge is 2.28. The minimum absolute atomic E-state index is 0. The predicted molar refractivity (Wildman–Crippen MR) is 179 cm³/mol. The molecule has 0 saturated carbocycles. The first-order valence-electron chi connectivity index (χ1n) is 14.6. The van der Waals surface area contributed by atoms with Gasteiger partial charge in [0.05, 0.1) is 30.7 Å². The van der Waals surface area contributed by atoms with Gasteiger partial charge >= 0.3 is 0 Å². The zero-order chi connectivity index (χ0) is 30.0. The molecule has 1 saturated heterocycles. The van der Waals surface area contributed by atoms with Crippen LogP contribution in [0.15, 0.2) is 72.8 Å². The fourth-order valence-corrected chi connectivity index (χ4v) is 6.83. The van der Waals surface area contributed by atoms with Crippen molar-refractivity contribution in [2.45, 2.75) is 44.8 Å². The largest absolute Gasteiger partial charge is 0.497 e. The van der Waals surface area contributed by atoms with Crippen LogP contribution >= 0.6 is 23.2 Å². The number of aliphatic hydroxyl groups excluding tert-OH is 1. The van der Waals surface area contributed by atoms with Crippen LogP contribution in [0.1, 0.15) is 41.3 Å². The molecule has 0 bridgehead atoms. The van der Waals surface area contributed by atoms with Gasteiger partial charge in [-0.25, -0.2) is 0 Å². The highest BCUT2D eigenvalue weighted by Crippen LogP contribution is 2.50. The number of amides is 1. The first kappa shape index (κ1) is 34.5. The molecule has 1 amide bonds. The molecule has 0 aromatic heterocycles. The molecule has 1 heterocycles. The third-order valence-electron chi connectivity index (χ3n) is 7.39. The summed E-state index contributed by atoms with van der Waals surface area (Å²) < 4.78 is 28.4. The van der Waals surface area contributed by atoms with Gasteiger partial charge in [0.2, 0.25) is 0 Å². The van der Waals surface area contributed by atoms with Gasteiger partial charge in [-0.1, -0.05) is 42.5 Å². The van der Waals surface area contributed by atoms with Gasteiger partial charge in [0.25, 0.3) is 5.91 Å². The molecule has 0 aliphatic carbocycles. The first-order valence-corrected chi connectivity index (χ1v) is 16.3. The number of nitrogens with one attached hydrogen (secondary N) is 3. The number of rotatable bonds is 14. The quantitative estimate of drug-likeness (QED) is 0.131. The number of carbonyl (C=O) groups is 1. The lowest BCUT2D eigenvalue weighted by Gasteiger charge is -2.47. The summed E-state index contributed by atoms with van der Waals surface area (Å²) >= 11 is 0. The van der Waals surface area contributed by atoms with Crippen molar-refractivity contribution < 1.29 is 23.7 Å². The number of carbonyl (C=O) groups excluding carboxylic acids is 1. The van der Waals surface area contributed by atoms with Crippen LogP contribution < -0.4 is 25.0 Å². The zero-order valence-electron chi connectivity index (χ0n) is 24.9. The van der Waals surface area contributed by atoms with Crippen LogP contribution in [0.3, 0.4) is 0 Å². The van der Waals surface area contributed by atoms with E-state index in [9.17, 15) is 19.0 Å². The Morgan fingerprint density at radius 1 is 1.02 bits per heavy atom. The van der Waals surface area contributed by atoms with Crippen molar-refractivity contribution in [2.24, 2.45) is 0 Å². The lowest BCUT2D eigenvalue weighted by atomic mass is 10.00. The predicted octanol–water partition coefficient (Wildman–Crippen LogP) is 5.35. The summed E-state index contributed by atoms with van der Waals surface area (Å²) in [6, 6.07) is 22.4. The van der Waals surface area contributed by atoms with Crippen LogP contribution in [0.4, 0.5) is 11.4 Å². The topological polar surface area (TPSA) is 126 Å². The van der Waals surface area contributed by atoms with E-state index >= 15 is 0 Å². The van der Waals surface area contributed by atoms with Crippen molar-refractivity contribution in [3.8, 4) is 5.75 Å². The Hall–Kier alpha value is -2.99. The van der Waals surface area contributed by atoms with Crippen LogP contribution in [0.5, 0.6) is 5.75 Å². The van der Waals surface area contributed by atoms with Gasteiger partial charge in [0, 0.05) is 30.9 Å². The van der Waals surface area contributed by atoms with E-state index in [-0.39, 0.29) is 18.3 Å². The number of nitrogens with zero attached hydrogens (tertiary/aromatic N) is 1. The van der Waals surface area contributed by atoms with Crippen molar-refractivity contribution in [2.75, 3.05) is 48.7 Å². The molecular weight excluding hydrogens is 588 g/mol. The van der Waals surface area contributed by atoms with Gasteiger partial charge in [0.1, 0.15) is 5.75 Å². The van der Waals surface area contributed by atoms with Crippen LogP contribution in [0, 0.1) is 0 Å². The van der Waals surface area contributed by atoms with Crippen molar-refractivity contribution in [1.82, 2.24) is 10.6 Å². The number of methoxy groups -OCH3 is 1. The van der Waals surface area contributed by atoms with E-state index in [1.54, 1.807) is 23.5 Å². The van der Waals surface area contributed by atoms with E-state index < -0.39 is 22.9 Å². The summed E-state index contributed by atoms with van der Waals surface area (Å²) in [7, 11) is -1.30. The summed E-state index contributed by atoms with van der Waals surface area (Å²) in [6.45, 7) is 4.09. The summed E-state index contributed by atoms with van der Waals surface area (Å²) in [4.78, 5) is 13.7. The number of anilines is 2. The Morgan fingerprint density at radius 2 is 1.79 bits per heavy atom. The minimum atomic E-state index is -2.95. The Kier molecular flexibility index (Phi) is 13.4. The second-order valence-corrected chi connectivity index (χ2v) is 12.7. The van der Waals surface area contributed by atoms with Gasteiger partial charge in [-0.2, -0.15) is 0 Å². The first-order chi connectivity index (χ1) is 20.3. The lowest BCUT2D eigenvalue weighted by molar-refractivity contribution is 0.0831. The van der Waals surface area contributed by atoms with Crippen molar-refractivity contribution in [3.05, 3.63) is 89.5 Å². The van der Waals surface area contributed by atoms with Gasteiger partial charge in [-0.15, -0.1) is 23.2 Å². The monoisotopic (exact) mass is 632 g/mol. The molecular formula is C32H45ClN4O5S. The molecule has 43 heavy (non-hydrogen) atoms. The summed E-state index contributed by atoms with van der Waals surface area (Å²) in [6.07, 6.45) is 1.99.